The predicted molar refractivity (Wildman–Crippen MR) is 91.0 cm³/mol. The molecule has 124 valence electrons. The molecule has 7 heteroatoms. The number of imide groups is 1. The van der Waals surface area contributed by atoms with E-state index in [1.807, 2.05) is 41.2 Å². The highest BCUT2D eigenvalue weighted by Gasteiger charge is 2.60. The lowest BCUT2D eigenvalue weighted by Crippen LogP contribution is -2.57. The summed E-state index contributed by atoms with van der Waals surface area (Å²) in [7, 11) is 0. The Labute approximate surface area is 143 Å². The largest absolute Gasteiger partial charge is 0.329 e. The van der Waals surface area contributed by atoms with E-state index < -0.39 is 5.54 Å². The molecule has 1 aliphatic heterocycles. The van der Waals surface area contributed by atoms with Crippen LogP contribution in [0.25, 0.3) is 10.8 Å². The molecule has 2 aliphatic rings. The number of anilines is 1. The van der Waals surface area contributed by atoms with Gasteiger partial charge < -0.3 is 5.32 Å². The SMILES string of the molecule is O=C1NC2(CC(n3cccn3)C2)C(=O)N1c1cncc2ccccc12. The first kappa shape index (κ1) is 14.2. The summed E-state index contributed by atoms with van der Waals surface area (Å²) in [5.41, 5.74) is -0.301. The summed E-state index contributed by atoms with van der Waals surface area (Å²) in [4.78, 5) is 31.1. The monoisotopic (exact) mass is 333 g/mol. The summed E-state index contributed by atoms with van der Waals surface area (Å²) in [6.07, 6.45) is 7.99. The molecule has 3 aromatic rings. The summed E-state index contributed by atoms with van der Waals surface area (Å²) >= 11 is 0. The Balaban J connectivity index is 1.50. The third-order valence-corrected chi connectivity index (χ3v) is 5.12. The van der Waals surface area contributed by atoms with Gasteiger partial charge in [-0.3, -0.25) is 14.5 Å². The van der Waals surface area contributed by atoms with Crippen LogP contribution < -0.4 is 10.2 Å². The lowest BCUT2D eigenvalue weighted by molar-refractivity contribution is -0.126. The first-order valence-corrected chi connectivity index (χ1v) is 8.17. The van der Waals surface area contributed by atoms with E-state index in [-0.39, 0.29) is 18.0 Å². The number of pyridine rings is 1. The van der Waals surface area contributed by atoms with Crippen LogP contribution in [-0.2, 0) is 4.79 Å². The number of fused-ring (bicyclic) bond motifs is 1. The van der Waals surface area contributed by atoms with E-state index in [2.05, 4.69) is 15.4 Å². The Bertz CT molecular complexity index is 986. The van der Waals surface area contributed by atoms with Gasteiger partial charge in [-0.05, 0) is 6.07 Å². The van der Waals surface area contributed by atoms with Crippen molar-refractivity contribution < 1.29 is 9.59 Å². The van der Waals surface area contributed by atoms with E-state index in [4.69, 9.17) is 0 Å². The normalized spacial score (nSPS) is 25.4. The van der Waals surface area contributed by atoms with E-state index in [0.29, 0.717) is 18.5 Å². The number of hydrogen-bond donors (Lipinski definition) is 1. The van der Waals surface area contributed by atoms with Gasteiger partial charge in [-0.15, -0.1) is 0 Å². The van der Waals surface area contributed by atoms with Crippen molar-refractivity contribution in [2.24, 2.45) is 0 Å². The molecule has 3 heterocycles. The minimum absolute atomic E-state index is 0.129. The maximum absolute atomic E-state index is 13.1. The molecule has 1 saturated carbocycles. The lowest BCUT2D eigenvalue weighted by Gasteiger charge is -2.42. The van der Waals surface area contributed by atoms with Gasteiger partial charge in [-0.1, -0.05) is 24.3 Å². The zero-order valence-electron chi connectivity index (χ0n) is 13.3. The fourth-order valence-electron chi connectivity index (χ4n) is 3.82. The number of carbonyl (C=O) groups excluding carboxylic acids is 2. The van der Waals surface area contributed by atoms with Gasteiger partial charge >= 0.3 is 6.03 Å². The highest BCUT2D eigenvalue weighted by atomic mass is 16.2. The second-order valence-electron chi connectivity index (χ2n) is 6.58. The standard InChI is InChI=1S/C18H15N5O2/c24-16-18(8-13(9-18)22-7-3-6-20-22)21-17(25)23(16)15-11-19-10-12-4-1-2-5-14(12)15/h1-7,10-11,13H,8-9H2,(H,21,25). The molecule has 3 amide bonds. The molecule has 1 aromatic carbocycles. The van der Waals surface area contributed by atoms with Crippen LogP contribution in [0.5, 0.6) is 0 Å². The summed E-state index contributed by atoms with van der Waals surface area (Å²) in [6, 6.07) is 9.20. The second kappa shape index (κ2) is 4.89. The van der Waals surface area contributed by atoms with Gasteiger partial charge in [0.25, 0.3) is 5.91 Å². The van der Waals surface area contributed by atoms with Crippen molar-refractivity contribution in [1.29, 1.82) is 0 Å². The molecule has 1 aliphatic carbocycles. The maximum atomic E-state index is 13.1. The average Bonchev–Trinajstić information content (AvgIpc) is 3.20. The molecular formula is C18H15N5O2. The third-order valence-electron chi connectivity index (χ3n) is 5.12. The van der Waals surface area contributed by atoms with Crippen LogP contribution in [-0.4, -0.2) is 32.2 Å². The van der Waals surface area contributed by atoms with Gasteiger partial charge in [-0.25, -0.2) is 9.69 Å². The summed E-state index contributed by atoms with van der Waals surface area (Å²) < 4.78 is 1.84. The van der Waals surface area contributed by atoms with Gasteiger partial charge in [0.05, 0.1) is 17.9 Å². The first-order chi connectivity index (χ1) is 12.2. The fraction of sp³-hybridized carbons (Fsp3) is 0.222. The van der Waals surface area contributed by atoms with Crippen molar-refractivity contribution in [1.82, 2.24) is 20.1 Å². The molecule has 2 fully saturated rings. The molecule has 0 unspecified atom stereocenters. The fourth-order valence-corrected chi connectivity index (χ4v) is 3.82. The van der Waals surface area contributed by atoms with Crippen LogP contribution in [0.4, 0.5) is 10.5 Å². The molecule has 5 rings (SSSR count). The quantitative estimate of drug-likeness (QED) is 0.730. The summed E-state index contributed by atoms with van der Waals surface area (Å²) in [6.45, 7) is 0. The molecule has 1 saturated heterocycles. The average molecular weight is 333 g/mol. The molecule has 1 spiro atoms. The Hall–Kier alpha value is -3.22. The highest BCUT2D eigenvalue weighted by molar-refractivity contribution is 6.26. The number of benzene rings is 1. The molecule has 1 N–H and O–H groups in total. The Kier molecular flexibility index (Phi) is 2.77. The molecule has 0 radical (unpaired) electrons. The molecular weight excluding hydrogens is 318 g/mol. The van der Waals surface area contributed by atoms with E-state index in [1.165, 1.54) is 4.90 Å². The van der Waals surface area contributed by atoms with Gasteiger partial charge in [0.2, 0.25) is 0 Å². The van der Waals surface area contributed by atoms with Gasteiger partial charge in [0.1, 0.15) is 5.54 Å². The number of aromatic nitrogens is 3. The summed E-state index contributed by atoms with van der Waals surface area (Å²) in [5.74, 6) is -0.209. The van der Waals surface area contributed by atoms with Crippen LogP contribution in [0, 0.1) is 0 Å². The summed E-state index contributed by atoms with van der Waals surface area (Å²) in [5, 5.41) is 8.84. The number of nitrogens with zero attached hydrogens (tertiary/aromatic N) is 4. The first-order valence-electron chi connectivity index (χ1n) is 8.17. The molecule has 2 aromatic heterocycles. The number of hydrogen-bond acceptors (Lipinski definition) is 4. The van der Waals surface area contributed by atoms with E-state index in [0.717, 1.165) is 10.8 Å². The molecule has 0 bridgehead atoms. The van der Waals surface area contributed by atoms with Crippen LogP contribution >= 0.6 is 0 Å². The minimum atomic E-state index is -0.829. The zero-order chi connectivity index (χ0) is 17.0. The van der Waals surface area contributed by atoms with Crippen LogP contribution in [0.15, 0.2) is 55.1 Å². The van der Waals surface area contributed by atoms with Crippen molar-refractivity contribution >= 4 is 28.4 Å². The third kappa shape index (κ3) is 1.92. The van der Waals surface area contributed by atoms with Crippen molar-refractivity contribution in [3.05, 3.63) is 55.1 Å². The highest BCUT2D eigenvalue weighted by Crippen LogP contribution is 2.46. The van der Waals surface area contributed by atoms with Crippen molar-refractivity contribution in [2.75, 3.05) is 4.90 Å². The zero-order valence-corrected chi connectivity index (χ0v) is 13.3. The van der Waals surface area contributed by atoms with Gasteiger partial charge in [0.15, 0.2) is 0 Å². The second-order valence-corrected chi connectivity index (χ2v) is 6.58. The number of nitrogens with one attached hydrogen (secondary N) is 1. The smallest absolute Gasteiger partial charge is 0.323 e. The van der Waals surface area contributed by atoms with Crippen molar-refractivity contribution in [3.63, 3.8) is 0 Å². The van der Waals surface area contributed by atoms with Crippen LogP contribution in [0.2, 0.25) is 0 Å². The Morgan fingerprint density at radius 1 is 1.12 bits per heavy atom. The van der Waals surface area contributed by atoms with Crippen molar-refractivity contribution in [2.45, 2.75) is 24.4 Å². The Morgan fingerprint density at radius 3 is 2.76 bits per heavy atom. The van der Waals surface area contributed by atoms with Crippen LogP contribution in [0.1, 0.15) is 18.9 Å². The molecule has 25 heavy (non-hydrogen) atoms. The number of rotatable bonds is 2. The van der Waals surface area contributed by atoms with Gasteiger partial charge in [0, 0.05) is 42.2 Å². The van der Waals surface area contributed by atoms with E-state index in [1.54, 1.807) is 18.6 Å². The Morgan fingerprint density at radius 2 is 1.96 bits per heavy atom. The number of amides is 3. The predicted octanol–water partition coefficient (Wildman–Crippen LogP) is 2.26. The topological polar surface area (TPSA) is 80.1 Å². The number of urea groups is 1. The van der Waals surface area contributed by atoms with E-state index in [9.17, 15) is 9.59 Å². The lowest BCUT2D eigenvalue weighted by atomic mass is 9.72. The van der Waals surface area contributed by atoms with Crippen molar-refractivity contribution in [3.8, 4) is 0 Å². The molecule has 7 nitrogen and oxygen atoms in total. The van der Waals surface area contributed by atoms with Gasteiger partial charge in [-0.2, -0.15) is 5.10 Å². The number of carbonyl (C=O) groups is 2. The maximum Gasteiger partial charge on any atom is 0.329 e. The van der Waals surface area contributed by atoms with E-state index >= 15 is 0 Å². The van der Waals surface area contributed by atoms with Crippen LogP contribution in [0.3, 0.4) is 0 Å². The minimum Gasteiger partial charge on any atom is -0.323 e. The molecule has 0 atom stereocenters.